The maximum atomic E-state index is 14.3. The lowest BCUT2D eigenvalue weighted by atomic mass is 9.98. The van der Waals surface area contributed by atoms with Gasteiger partial charge in [-0.3, -0.25) is 4.79 Å². The van der Waals surface area contributed by atoms with Crippen LogP contribution in [-0.4, -0.2) is 25.2 Å². The molecule has 0 fully saturated rings. The summed E-state index contributed by atoms with van der Waals surface area (Å²) >= 11 is 5.90. The fourth-order valence-electron chi connectivity index (χ4n) is 3.48. The van der Waals surface area contributed by atoms with Crippen LogP contribution in [0.2, 0.25) is 5.02 Å². The smallest absolute Gasteiger partial charge is 0.243 e. The first kappa shape index (κ1) is 24.9. The predicted octanol–water partition coefficient (Wildman–Crippen LogP) is 5.74. The first-order valence-corrected chi connectivity index (χ1v) is 12.3. The minimum atomic E-state index is -4.11. The summed E-state index contributed by atoms with van der Waals surface area (Å²) in [6, 6.07) is 17.2. The summed E-state index contributed by atoms with van der Waals surface area (Å²) in [5.74, 6) is -0.900. The zero-order valence-corrected chi connectivity index (χ0v) is 20.3. The Hall–Kier alpha value is -2.74. The van der Waals surface area contributed by atoms with Gasteiger partial charge in [-0.2, -0.15) is 4.31 Å². The van der Waals surface area contributed by atoms with Crippen LogP contribution in [0.15, 0.2) is 71.6 Å². The van der Waals surface area contributed by atoms with Gasteiger partial charge >= 0.3 is 0 Å². The Bertz CT molecular complexity index is 1240. The number of nitrogens with zero attached hydrogens (tertiary/aromatic N) is 1. The molecule has 0 radical (unpaired) electrons. The standard InChI is InChI=1S/C25H26ClFN2O3S/c1-17(2)22-9-6-7-18(3)25(22)28-24(30)16-29(15-19-8-4-5-10-23(19)27)33(31,32)21-13-11-20(26)12-14-21/h4-14,17H,15-16H2,1-3H3,(H,28,30). The van der Waals surface area contributed by atoms with Crippen molar-refractivity contribution in [1.29, 1.82) is 0 Å². The Kier molecular flexibility index (Phi) is 7.89. The molecule has 0 aliphatic carbocycles. The SMILES string of the molecule is Cc1cccc(C(C)C)c1NC(=O)CN(Cc1ccccc1F)S(=O)(=O)c1ccc(Cl)cc1. The minimum Gasteiger partial charge on any atom is -0.324 e. The van der Waals surface area contributed by atoms with Crippen LogP contribution in [0.3, 0.4) is 0 Å². The summed E-state index contributed by atoms with van der Waals surface area (Å²) in [4.78, 5) is 13.0. The molecule has 0 bridgehead atoms. The van der Waals surface area contributed by atoms with E-state index in [2.05, 4.69) is 5.32 Å². The zero-order chi connectivity index (χ0) is 24.2. The number of anilines is 1. The molecule has 0 unspecified atom stereocenters. The zero-order valence-electron chi connectivity index (χ0n) is 18.7. The Morgan fingerprint density at radius 3 is 2.33 bits per heavy atom. The second-order valence-electron chi connectivity index (χ2n) is 8.06. The van der Waals surface area contributed by atoms with Crippen LogP contribution in [0.1, 0.15) is 36.5 Å². The molecule has 33 heavy (non-hydrogen) atoms. The third kappa shape index (κ3) is 5.99. The molecule has 3 rings (SSSR count). The van der Waals surface area contributed by atoms with E-state index in [-0.39, 0.29) is 22.9 Å². The molecule has 8 heteroatoms. The highest BCUT2D eigenvalue weighted by Crippen LogP contribution is 2.28. The van der Waals surface area contributed by atoms with Crippen LogP contribution in [0.25, 0.3) is 0 Å². The van der Waals surface area contributed by atoms with Gasteiger partial charge in [-0.25, -0.2) is 12.8 Å². The average molecular weight is 489 g/mol. The van der Waals surface area contributed by atoms with E-state index < -0.39 is 28.3 Å². The lowest BCUT2D eigenvalue weighted by Gasteiger charge is -2.23. The van der Waals surface area contributed by atoms with Crippen LogP contribution in [0.5, 0.6) is 0 Å². The number of benzene rings is 3. The molecule has 0 heterocycles. The second-order valence-corrected chi connectivity index (χ2v) is 10.4. The van der Waals surface area contributed by atoms with Crippen molar-refractivity contribution in [2.75, 3.05) is 11.9 Å². The summed E-state index contributed by atoms with van der Waals surface area (Å²) in [5, 5.41) is 3.25. The van der Waals surface area contributed by atoms with E-state index in [0.29, 0.717) is 10.7 Å². The molecule has 3 aromatic rings. The normalized spacial score (nSPS) is 11.7. The van der Waals surface area contributed by atoms with Gasteiger partial charge in [-0.1, -0.05) is 61.8 Å². The molecule has 0 atom stereocenters. The van der Waals surface area contributed by atoms with E-state index >= 15 is 0 Å². The van der Waals surface area contributed by atoms with E-state index in [1.54, 1.807) is 6.07 Å². The quantitative estimate of drug-likeness (QED) is 0.439. The highest BCUT2D eigenvalue weighted by Gasteiger charge is 2.28. The lowest BCUT2D eigenvalue weighted by Crippen LogP contribution is -2.38. The number of halogens is 2. The minimum absolute atomic E-state index is 0.0326. The van der Waals surface area contributed by atoms with E-state index in [4.69, 9.17) is 11.6 Å². The maximum Gasteiger partial charge on any atom is 0.243 e. The molecule has 0 aliphatic rings. The van der Waals surface area contributed by atoms with Gasteiger partial charge in [-0.15, -0.1) is 0 Å². The van der Waals surface area contributed by atoms with Crippen molar-refractivity contribution in [2.45, 2.75) is 38.1 Å². The Morgan fingerprint density at radius 1 is 1.03 bits per heavy atom. The van der Waals surface area contributed by atoms with Gasteiger partial charge in [0.1, 0.15) is 5.82 Å². The number of carbonyl (C=O) groups excluding carboxylic acids is 1. The van der Waals surface area contributed by atoms with Crippen molar-refractivity contribution in [2.24, 2.45) is 0 Å². The van der Waals surface area contributed by atoms with Crippen LogP contribution in [0, 0.1) is 12.7 Å². The van der Waals surface area contributed by atoms with Crippen molar-refractivity contribution in [3.05, 3.63) is 94.3 Å². The lowest BCUT2D eigenvalue weighted by molar-refractivity contribution is -0.116. The average Bonchev–Trinajstić information content (AvgIpc) is 2.76. The van der Waals surface area contributed by atoms with Crippen LogP contribution >= 0.6 is 11.6 Å². The number of hydrogen-bond acceptors (Lipinski definition) is 3. The largest absolute Gasteiger partial charge is 0.324 e. The number of nitrogens with one attached hydrogen (secondary N) is 1. The molecule has 0 aromatic heterocycles. The molecular weight excluding hydrogens is 463 g/mol. The molecule has 0 saturated carbocycles. The number of carbonyl (C=O) groups is 1. The maximum absolute atomic E-state index is 14.3. The van der Waals surface area contributed by atoms with Gasteiger partial charge in [-0.05, 0) is 54.3 Å². The first-order valence-electron chi connectivity index (χ1n) is 10.5. The molecular formula is C25H26ClFN2O3S. The fraction of sp³-hybridized carbons (Fsp3) is 0.240. The van der Waals surface area contributed by atoms with Gasteiger partial charge in [0.15, 0.2) is 0 Å². The Morgan fingerprint density at radius 2 is 1.70 bits per heavy atom. The van der Waals surface area contributed by atoms with Gasteiger partial charge in [0, 0.05) is 22.8 Å². The van der Waals surface area contributed by atoms with Crippen LogP contribution in [0.4, 0.5) is 10.1 Å². The summed E-state index contributed by atoms with van der Waals surface area (Å²) in [6.07, 6.45) is 0. The summed E-state index contributed by atoms with van der Waals surface area (Å²) in [7, 11) is -4.11. The molecule has 174 valence electrons. The summed E-state index contributed by atoms with van der Waals surface area (Å²) in [6.45, 7) is 5.13. The molecule has 0 aliphatic heterocycles. The van der Waals surface area contributed by atoms with Gasteiger partial charge in [0.2, 0.25) is 15.9 Å². The third-order valence-electron chi connectivity index (χ3n) is 5.27. The van der Waals surface area contributed by atoms with Crippen molar-refractivity contribution in [1.82, 2.24) is 4.31 Å². The van der Waals surface area contributed by atoms with Crippen LogP contribution < -0.4 is 5.32 Å². The highest BCUT2D eigenvalue weighted by molar-refractivity contribution is 7.89. The summed E-state index contributed by atoms with van der Waals surface area (Å²) < 4.78 is 42.0. The first-order chi connectivity index (χ1) is 15.6. The number of sulfonamides is 1. The Labute approximate surface area is 199 Å². The van der Waals surface area contributed by atoms with Crippen molar-refractivity contribution >= 4 is 33.2 Å². The topological polar surface area (TPSA) is 66.5 Å². The molecule has 1 amide bonds. The molecule has 5 nitrogen and oxygen atoms in total. The number of amides is 1. The van der Waals surface area contributed by atoms with Gasteiger partial charge in [0.25, 0.3) is 0 Å². The number of rotatable bonds is 8. The van der Waals surface area contributed by atoms with E-state index in [1.807, 2.05) is 39.0 Å². The third-order valence-corrected chi connectivity index (χ3v) is 7.33. The summed E-state index contributed by atoms with van der Waals surface area (Å²) in [5.41, 5.74) is 2.65. The monoisotopic (exact) mass is 488 g/mol. The Balaban J connectivity index is 1.94. The van der Waals surface area contributed by atoms with E-state index in [1.165, 1.54) is 42.5 Å². The molecule has 1 N–H and O–H groups in total. The van der Waals surface area contributed by atoms with Gasteiger partial charge < -0.3 is 5.32 Å². The van der Waals surface area contributed by atoms with E-state index in [0.717, 1.165) is 15.4 Å². The van der Waals surface area contributed by atoms with Gasteiger partial charge in [0.05, 0.1) is 11.4 Å². The van der Waals surface area contributed by atoms with Crippen LogP contribution in [-0.2, 0) is 21.4 Å². The van der Waals surface area contributed by atoms with E-state index in [9.17, 15) is 17.6 Å². The second kappa shape index (κ2) is 10.5. The predicted molar refractivity (Wildman–Crippen MR) is 129 cm³/mol. The van der Waals surface area contributed by atoms with Crippen molar-refractivity contribution in [3.63, 3.8) is 0 Å². The number of para-hydroxylation sites is 1. The number of hydrogen-bond donors (Lipinski definition) is 1. The van der Waals surface area contributed by atoms with Crippen molar-refractivity contribution < 1.29 is 17.6 Å². The molecule has 0 spiro atoms. The fourth-order valence-corrected chi connectivity index (χ4v) is 4.98. The number of aryl methyl sites for hydroxylation is 1. The molecule has 3 aromatic carbocycles. The molecule has 0 saturated heterocycles. The highest BCUT2D eigenvalue weighted by atomic mass is 35.5. The van der Waals surface area contributed by atoms with Crippen molar-refractivity contribution in [3.8, 4) is 0 Å².